The molecule has 0 fully saturated rings. The summed E-state index contributed by atoms with van der Waals surface area (Å²) in [7, 11) is 0. The zero-order valence-corrected chi connectivity index (χ0v) is 8.04. The van der Waals surface area contributed by atoms with Crippen LogP contribution in [0.2, 0.25) is 0 Å². The van der Waals surface area contributed by atoms with Gasteiger partial charge in [0.2, 0.25) is 0 Å². The van der Waals surface area contributed by atoms with Crippen LogP contribution in [0.25, 0.3) is 0 Å². The second-order valence-electron chi connectivity index (χ2n) is 3.92. The van der Waals surface area contributed by atoms with Crippen LogP contribution in [0.4, 0.5) is 5.69 Å². The van der Waals surface area contributed by atoms with Gasteiger partial charge >= 0.3 is 0 Å². The standard InChI is InChI=1S/C11H15NO/c1-7-6-8(2)12-11-9(7)4-3-5-10(11)13/h3-5,7-8,12-13H,6H2,1-2H3/t7-,8-/m0/s1. The number of nitrogens with one attached hydrogen (secondary N) is 1. The van der Waals surface area contributed by atoms with Crippen molar-refractivity contribution < 1.29 is 5.11 Å². The summed E-state index contributed by atoms with van der Waals surface area (Å²) in [4.78, 5) is 0. The first-order valence-electron chi connectivity index (χ1n) is 4.77. The number of aromatic hydroxyl groups is 1. The van der Waals surface area contributed by atoms with Crippen LogP contribution >= 0.6 is 0 Å². The zero-order chi connectivity index (χ0) is 9.42. The smallest absolute Gasteiger partial charge is 0.138 e. The molecule has 0 spiro atoms. The molecule has 1 aromatic rings. The summed E-state index contributed by atoms with van der Waals surface area (Å²) in [5, 5.41) is 12.9. The molecule has 0 unspecified atom stereocenters. The highest BCUT2D eigenvalue weighted by atomic mass is 16.3. The Balaban J connectivity index is 2.49. The van der Waals surface area contributed by atoms with Gasteiger partial charge in [-0.2, -0.15) is 0 Å². The van der Waals surface area contributed by atoms with E-state index in [0.717, 1.165) is 12.1 Å². The zero-order valence-electron chi connectivity index (χ0n) is 8.04. The molecule has 0 aromatic heterocycles. The lowest BCUT2D eigenvalue weighted by molar-refractivity contribution is 0.470. The van der Waals surface area contributed by atoms with E-state index in [1.807, 2.05) is 6.07 Å². The number of para-hydroxylation sites is 1. The first-order chi connectivity index (χ1) is 6.18. The van der Waals surface area contributed by atoms with Gasteiger partial charge in [0.1, 0.15) is 5.75 Å². The van der Waals surface area contributed by atoms with E-state index < -0.39 is 0 Å². The molecule has 0 bridgehead atoms. The lowest BCUT2D eigenvalue weighted by Gasteiger charge is -2.29. The summed E-state index contributed by atoms with van der Waals surface area (Å²) in [6.07, 6.45) is 1.14. The number of hydrogen-bond acceptors (Lipinski definition) is 2. The van der Waals surface area contributed by atoms with Gasteiger partial charge in [0.15, 0.2) is 0 Å². The highest BCUT2D eigenvalue weighted by Crippen LogP contribution is 2.38. The predicted molar refractivity (Wildman–Crippen MR) is 54.2 cm³/mol. The van der Waals surface area contributed by atoms with Gasteiger partial charge in [-0.3, -0.25) is 0 Å². The molecule has 2 heteroatoms. The van der Waals surface area contributed by atoms with Crippen LogP contribution < -0.4 is 5.32 Å². The van der Waals surface area contributed by atoms with E-state index in [9.17, 15) is 5.11 Å². The molecule has 1 aliphatic heterocycles. The van der Waals surface area contributed by atoms with Gasteiger partial charge in [0, 0.05) is 6.04 Å². The van der Waals surface area contributed by atoms with Crippen molar-refractivity contribution in [3.63, 3.8) is 0 Å². The summed E-state index contributed by atoms with van der Waals surface area (Å²) in [6, 6.07) is 6.17. The van der Waals surface area contributed by atoms with Crippen LogP contribution in [0.5, 0.6) is 5.75 Å². The van der Waals surface area contributed by atoms with Gasteiger partial charge in [-0.1, -0.05) is 19.1 Å². The van der Waals surface area contributed by atoms with Crippen LogP contribution in [-0.2, 0) is 0 Å². The van der Waals surface area contributed by atoms with E-state index >= 15 is 0 Å². The van der Waals surface area contributed by atoms with Crippen LogP contribution in [0.1, 0.15) is 31.7 Å². The number of hydrogen-bond donors (Lipinski definition) is 2. The third-order valence-corrected chi connectivity index (χ3v) is 2.70. The van der Waals surface area contributed by atoms with Gasteiger partial charge in [-0.15, -0.1) is 0 Å². The summed E-state index contributed by atoms with van der Waals surface area (Å²) in [6.45, 7) is 4.35. The van der Waals surface area contributed by atoms with E-state index in [4.69, 9.17) is 0 Å². The topological polar surface area (TPSA) is 32.3 Å². The van der Waals surface area contributed by atoms with Crippen molar-refractivity contribution in [2.75, 3.05) is 5.32 Å². The third kappa shape index (κ3) is 1.37. The van der Waals surface area contributed by atoms with E-state index in [0.29, 0.717) is 17.7 Å². The molecular weight excluding hydrogens is 162 g/mol. The minimum absolute atomic E-state index is 0.371. The van der Waals surface area contributed by atoms with Crippen molar-refractivity contribution in [3.05, 3.63) is 23.8 Å². The van der Waals surface area contributed by atoms with Crippen molar-refractivity contribution in [3.8, 4) is 5.75 Å². The number of phenols is 1. The average molecular weight is 177 g/mol. The highest BCUT2D eigenvalue weighted by Gasteiger charge is 2.22. The van der Waals surface area contributed by atoms with Crippen molar-refractivity contribution >= 4 is 5.69 Å². The molecule has 2 atom stereocenters. The lowest BCUT2D eigenvalue weighted by Crippen LogP contribution is -2.24. The molecule has 0 amide bonds. The molecule has 0 aliphatic carbocycles. The maximum atomic E-state index is 9.63. The predicted octanol–water partition coefficient (Wildman–Crippen LogP) is 2.70. The third-order valence-electron chi connectivity index (χ3n) is 2.70. The molecular formula is C11H15NO. The summed E-state index contributed by atoms with van der Waals surface area (Å²) < 4.78 is 0. The van der Waals surface area contributed by atoms with Gasteiger partial charge < -0.3 is 10.4 Å². The number of phenolic OH excluding ortho intramolecular Hbond substituents is 1. The first-order valence-corrected chi connectivity index (χ1v) is 4.77. The fraction of sp³-hybridized carbons (Fsp3) is 0.455. The van der Waals surface area contributed by atoms with Gasteiger partial charge in [0.05, 0.1) is 5.69 Å². The molecule has 2 nitrogen and oxygen atoms in total. The average Bonchev–Trinajstić information content (AvgIpc) is 2.07. The molecule has 70 valence electrons. The normalized spacial score (nSPS) is 26.3. The number of fused-ring (bicyclic) bond motifs is 1. The molecule has 0 saturated carbocycles. The van der Waals surface area contributed by atoms with Crippen LogP contribution in [0, 0.1) is 0 Å². The molecule has 2 rings (SSSR count). The van der Waals surface area contributed by atoms with Gasteiger partial charge in [-0.25, -0.2) is 0 Å². The molecule has 13 heavy (non-hydrogen) atoms. The molecule has 2 N–H and O–H groups in total. The van der Waals surface area contributed by atoms with E-state index in [2.05, 4.69) is 25.2 Å². The SMILES string of the molecule is C[C@H]1C[C@H](C)c2cccc(O)c2N1. The van der Waals surface area contributed by atoms with Gasteiger partial charge in [-0.05, 0) is 30.9 Å². The van der Waals surface area contributed by atoms with Crippen molar-refractivity contribution in [2.45, 2.75) is 32.2 Å². The Bertz CT molecular complexity index is 322. The summed E-state index contributed by atoms with van der Waals surface area (Å²) >= 11 is 0. The number of rotatable bonds is 0. The Morgan fingerprint density at radius 2 is 2.15 bits per heavy atom. The maximum absolute atomic E-state index is 9.63. The summed E-state index contributed by atoms with van der Waals surface area (Å²) in [5.74, 6) is 0.911. The minimum atomic E-state index is 0.371. The lowest BCUT2D eigenvalue weighted by atomic mass is 9.89. The largest absolute Gasteiger partial charge is 0.506 e. The van der Waals surface area contributed by atoms with Crippen molar-refractivity contribution in [1.82, 2.24) is 0 Å². The monoisotopic (exact) mass is 177 g/mol. The Hall–Kier alpha value is -1.18. The van der Waals surface area contributed by atoms with Crippen LogP contribution in [-0.4, -0.2) is 11.1 Å². The Kier molecular flexibility index (Phi) is 1.91. The van der Waals surface area contributed by atoms with Crippen LogP contribution in [0.3, 0.4) is 0 Å². The maximum Gasteiger partial charge on any atom is 0.138 e. The number of benzene rings is 1. The Morgan fingerprint density at radius 3 is 2.92 bits per heavy atom. The molecule has 1 aliphatic rings. The van der Waals surface area contributed by atoms with E-state index in [1.54, 1.807) is 6.07 Å². The fourth-order valence-electron chi connectivity index (χ4n) is 2.09. The number of anilines is 1. The molecule has 0 radical (unpaired) electrons. The fourth-order valence-corrected chi connectivity index (χ4v) is 2.09. The van der Waals surface area contributed by atoms with Crippen molar-refractivity contribution in [1.29, 1.82) is 0 Å². The highest BCUT2D eigenvalue weighted by molar-refractivity contribution is 5.64. The van der Waals surface area contributed by atoms with Crippen molar-refractivity contribution in [2.24, 2.45) is 0 Å². The van der Waals surface area contributed by atoms with E-state index in [1.165, 1.54) is 5.56 Å². The molecule has 1 aromatic carbocycles. The van der Waals surface area contributed by atoms with Gasteiger partial charge in [0.25, 0.3) is 0 Å². The molecule has 1 heterocycles. The minimum Gasteiger partial charge on any atom is -0.506 e. The quantitative estimate of drug-likeness (QED) is 0.597. The second kappa shape index (κ2) is 2.95. The molecule has 0 saturated heterocycles. The van der Waals surface area contributed by atoms with Crippen LogP contribution in [0.15, 0.2) is 18.2 Å². The Morgan fingerprint density at radius 1 is 1.38 bits per heavy atom. The van der Waals surface area contributed by atoms with E-state index in [-0.39, 0.29) is 0 Å². The Labute approximate surface area is 78.6 Å². The summed E-state index contributed by atoms with van der Waals surface area (Å²) in [5.41, 5.74) is 2.16. The second-order valence-corrected chi connectivity index (χ2v) is 3.92. The first kappa shape index (κ1) is 8.42.